The van der Waals surface area contributed by atoms with Gasteiger partial charge in [0.2, 0.25) is 0 Å². The van der Waals surface area contributed by atoms with Crippen molar-refractivity contribution in [3.05, 3.63) is 33.9 Å². The number of hydrogen-bond acceptors (Lipinski definition) is 6. The molecular formula is C16H26ClN3O4. The first-order chi connectivity index (χ1) is 10.9. The summed E-state index contributed by atoms with van der Waals surface area (Å²) in [5.74, 6) is 0.250. The van der Waals surface area contributed by atoms with Crippen LogP contribution in [0.15, 0.2) is 18.2 Å². The Morgan fingerprint density at radius 2 is 2.04 bits per heavy atom. The van der Waals surface area contributed by atoms with Gasteiger partial charge >= 0.3 is 5.69 Å². The van der Waals surface area contributed by atoms with Crippen LogP contribution in [0.5, 0.6) is 5.75 Å². The van der Waals surface area contributed by atoms with Crippen LogP contribution in [0.1, 0.15) is 25.5 Å². The van der Waals surface area contributed by atoms with Crippen LogP contribution in [0.3, 0.4) is 0 Å². The average molecular weight is 360 g/mol. The number of aliphatic hydroxyl groups excluding tert-OH is 1. The molecule has 0 bridgehead atoms. The molecule has 2 N–H and O–H groups in total. The van der Waals surface area contributed by atoms with Gasteiger partial charge in [-0.15, -0.1) is 12.4 Å². The van der Waals surface area contributed by atoms with Gasteiger partial charge in [0.05, 0.1) is 12.0 Å². The van der Waals surface area contributed by atoms with Crippen molar-refractivity contribution in [2.24, 2.45) is 5.41 Å². The van der Waals surface area contributed by atoms with Gasteiger partial charge in [-0.1, -0.05) is 19.9 Å². The number of ether oxygens (including phenoxy) is 1. The third-order valence-corrected chi connectivity index (χ3v) is 4.38. The number of aliphatic hydroxyl groups is 1. The number of halogens is 1. The van der Waals surface area contributed by atoms with E-state index in [0.717, 1.165) is 31.7 Å². The van der Waals surface area contributed by atoms with Gasteiger partial charge in [0.1, 0.15) is 0 Å². The van der Waals surface area contributed by atoms with Crippen molar-refractivity contribution in [2.45, 2.75) is 19.9 Å². The number of hydrogen-bond donors (Lipinski definition) is 2. The summed E-state index contributed by atoms with van der Waals surface area (Å²) in [7, 11) is 1.42. The molecule has 136 valence electrons. The zero-order valence-corrected chi connectivity index (χ0v) is 15.1. The van der Waals surface area contributed by atoms with E-state index in [1.54, 1.807) is 12.1 Å². The second-order valence-electron chi connectivity index (χ2n) is 6.52. The number of rotatable bonds is 6. The van der Waals surface area contributed by atoms with Crippen molar-refractivity contribution in [3.63, 3.8) is 0 Å². The Hall–Kier alpha value is -1.41. The highest BCUT2D eigenvalue weighted by Gasteiger charge is 2.36. The first kappa shape index (κ1) is 20.6. The van der Waals surface area contributed by atoms with Crippen LogP contribution in [0.4, 0.5) is 5.69 Å². The predicted octanol–water partition coefficient (Wildman–Crippen LogP) is 1.99. The van der Waals surface area contributed by atoms with Crippen molar-refractivity contribution < 1.29 is 14.8 Å². The summed E-state index contributed by atoms with van der Waals surface area (Å²) < 4.78 is 5.08. The first-order valence-corrected chi connectivity index (χ1v) is 7.78. The van der Waals surface area contributed by atoms with E-state index in [-0.39, 0.29) is 36.5 Å². The summed E-state index contributed by atoms with van der Waals surface area (Å²) >= 11 is 0. The van der Waals surface area contributed by atoms with Gasteiger partial charge < -0.3 is 15.2 Å². The van der Waals surface area contributed by atoms with E-state index >= 15 is 0 Å². The predicted molar refractivity (Wildman–Crippen MR) is 94.9 cm³/mol. The number of piperazine rings is 1. The molecule has 1 aliphatic heterocycles. The maximum Gasteiger partial charge on any atom is 0.311 e. The largest absolute Gasteiger partial charge is 0.490 e. The topological polar surface area (TPSA) is 87.9 Å². The van der Waals surface area contributed by atoms with E-state index in [1.807, 2.05) is 19.9 Å². The number of methoxy groups -OCH3 is 1. The minimum absolute atomic E-state index is 0. The van der Waals surface area contributed by atoms with Gasteiger partial charge in [0, 0.05) is 50.3 Å². The Bertz CT molecular complexity index is 562. The zero-order chi connectivity index (χ0) is 17.0. The second kappa shape index (κ2) is 8.62. The van der Waals surface area contributed by atoms with Crippen LogP contribution in [0.2, 0.25) is 0 Å². The van der Waals surface area contributed by atoms with E-state index < -0.39 is 10.3 Å². The molecule has 1 aromatic rings. The molecule has 8 heteroatoms. The quantitative estimate of drug-likeness (QED) is 0.596. The fourth-order valence-corrected chi connectivity index (χ4v) is 3.20. The lowest BCUT2D eigenvalue weighted by Crippen LogP contribution is -2.49. The van der Waals surface area contributed by atoms with Gasteiger partial charge in [-0.05, 0) is 11.6 Å². The molecule has 2 rings (SSSR count). The van der Waals surface area contributed by atoms with Crippen molar-refractivity contribution >= 4 is 18.1 Å². The second-order valence-corrected chi connectivity index (χ2v) is 6.52. The van der Waals surface area contributed by atoms with E-state index in [9.17, 15) is 15.2 Å². The Morgan fingerprint density at radius 1 is 1.42 bits per heavy atom. The van der Waals surface area contributed by atoms with Crippen LogP contribution >= 0.6 is 12.4 Å². The number of nitro groups is 1. The zero-order valence-electron chi connectivity index (χ0n) is 14.3. The van der Waals surface area contributed by atoms with E-state index in [2.05, 4.69) is 10.2 Å². The van der Waals surface area contributed by atoms with E-state index in [1.165, 1.54) is 7.11 Å². The molecule has 1 heterocycles. The SMILES string of the molecule is COc1ccc([C@H](N2CCNCC2)C(C)(C)CO)cc1[N+](=O)[O-].Cl. The Balaban J connectivity index is 0.00000288. The molecule has 0 unspecified atom stereocenters. The normalized spacial score (nSPS) is 17.0. The fraction of sp³-hybridized carbons (Fsp3) is 0.625. The maximum absolute atomic E-state index is 11.3. The minimum atomic E-state index is -0.427. The number of benzene rings is 1. The average Bonchev–Trinajstić information content (AvgIpc) is 2.55. The fourth-order valence-electron chi connectivity index (χ4n) is 3.20. The summed E-state index contributed by atoms with van der Waals surface area (Å²) in [6.07, 6.45) is 0. The third-order valence-electron chi connectivity index (χ3n) is 4.38. The third kappa shape index (κ3) is 4.36. The highest BCUT2D eigenvalue weighted by Crippen LogP contribution is 2.41. The van der Waals surface area contributed by atoms with E-state index in [0.29, 0.717) is 0 Å². The molecule has 1 aliphatic rings. The Morgan fingerprint density at radius 3 is 2.54 bits per heavy atom. The molecule has 0 saturated carbocycles. The summed E-state index contributed by atoms with van der Waals surface area (Å²) in [6, 6.07) is 4.97. The minimum Gasteiger partial charge on any atom is -0.490 e. The molecule has 0 spiro atoms. The lowest BCUT2D eigenvalue weighted by molar-refractivity contribution is -0.385. The molecule has 1 atom stereocenters. The molecule has 0 radical (unpaired) electrons. The smallest absolute Gasteiger partial charge is 0.311 e. The highest BCUT2D eigenvalue weighted by atomic mass is 35.5. The monoisotopic (exact) mass is 359 g/mol. The lowest BCUT2D eigenvalue weighted by Gasteiger charge is -2.43. The van der Waals surface area contributed by atoms with Crippen LogP contribution in [0.25, 0.3) is 0 Å². The lowest BCUT2D eigenvalue weighted by atomic mass is 9.79. The molecule has 1 aromatic carbocycles. The molecule has 0 aromatic heterocycles. The number of nitro benzene ring substituents is 1. The van der Waals surface area contributed by atoms with Crippen LogP contribution < -0.4 is 10.1 Å². The Kier molecular flexibility index (Phi) is 7.41. The molecule has 0 aliphatic carbocycles. The molecule has 1 saturated heterocycles. The number of nitrogens with zero attached hydrogens (tertiary/aromatic N) is 2. The summed E-state index contributed by atoms with van der Waals surface area (Å²) in [5, 5.41) is 24.4. The van der Waals surface area contributed by atoms with Gasteiger partial charge in [-0.25, -0.2) is 0 Å². The molecule has 7 nitrogen and oxygen atoms in total. The summed E-state index contributed by atoms with van der Waals surface area (Å²) in [5.41, 5.74) is 0.372. The van der Waals surface area contributed by atoms with Crippen molar-refractivity contribution in [2.75, 3.05) is 39.9 Å². The van der Waals surface area contributed by atoms with E-state index in [4.69, 9.17) is 4.74 Å². The first-order valence-electron chi connectivity index (χ1n) is 7.78. The molecule has 0 amide bonds. The van der Waals surface area contributed by atoms with Gasteiger partial charge in [0.15, 0.2) is 5.75 Å². The van der Waals surface area contributed by atoms with Crippen LogP contribution in [0, 0.1) is 15.5 Å². The molecule has 1 fully saturated rings. The highest BCUT2D eigenvalue weighted by molar-refractivity contribution is 5.85. The number of nitrogens with one attached hydrogen (secondary N) is 1. The molecular weight excluding hydrogens is 334 g/mol. The summed E-state index contributed by atoms with van der Waals surface area (Å²) in [4.78, 5) is 13.2. The van der Waals surface area contributed by atoms with Gasteiger partial charge in [-0.3, -0.25) is 15.0 Å². The standard InChI is InChI=1S/C16H25N3O4.ClH/c1-16(2,11-20)15(18-8-6-17-7-9-18)12-4-5-14(23-3)13(10-12)19(21)22;/h4-5,10,15,17,20H,6-9,11H2,1-3H3;1H/t15-;/m0./s1. The van der Waals surface area contributed by atoms with Crippen molar-refractivity contribution in [1.82, 2.24) is 10.2 Å². The van der Waals surface area contributed by atoms with Gasteiger partial charge in [0.25, 0.3) is 0 Å². The van der Waals surface area contributed by atoms with Crippen LogP contribution in [-0.4, -0.2) is 54.8 Å². The van der Waals surface area contributed by atoms with Crippen molar-refractivity contribution in [3.8, 4) is 5.75 Å². The van der Waals surface area contributed by atoms with Gasteiger partial charge in [-0.2, -0.15) is 0 Å². The summed E-state index contributed by atoms with van der Waals surface area (Å²) in [6.45, 7) is 7.39. The molecule has 24 heavy (non-hydrogen) atoms. The maximum atomic E-state index is 11.3. The van der Waals surface area contributed by atoms with Crippen molar-refractivity contribution in [1.29, 1.82) is 0 Å². The Labute approximate surface area is 148 Å². The van der Waals surface area contributed by atoms with Crippen LogP contribution in [-0.2, 0) is 0 Å².